The number of rotatable bonds is 7. The van der Waals surface area contributed by atoms with Gasteiger partial charge < -0.3 is 5.32 Å². The Kier molecular flexibility index (Phi) is 5.80. The van der Waals surface area contributed by atoms with Crippen LogP contribution in [0.1, 0.15) is 12.0 Å². The maximum Gasteiger partial charge on any atom is 0.324 e. The molecule has 2 heterocycles. The average molecular weight is 425 g/mol. The summed E-state index contributed by atoms with van der Waals surface area (Å²) in [5.74, 6) is 0.467. The number of carbonyl (C=O) groups is 2. The summed E-state index contributed by atoms with van der Waals surface area (Å²) in [5.41, 5.74) is 2.32. The van der Waals surface area contributed by atoms with Gasteiger partial charge in [-0.25, -0.2) is 9.18 Å². The maximum absolute atomic E-state index is 14.4. The van der Waals surface area contributed by atoms with E-state index in [9.17, 15) is 14.0 Å². The number of nitrogens with zero attached hydrogens (tertiary/aromatic N) is 4. The first-order valence-corrected chi connectivity index (χ1v) is 10.5. The number of thioether (sulfide) groups is 1. The van der Waals surface area contributed by atoms with E-state index in [1.807, 2.05) is 35.8 Å². The van der Waals surface area contributed by atoms with Crippen molar-refractivity contribution in [3.63, 3.8) is 0 Å². The Morgan fingerprint density at radius 2 is 1.87 bits per heavy atom. The fourth-order valence-electron chi connectivity index (χ4n) is 3.17. The van der Waals surface area contributed by atoms with Crippen LogP contribution in [0.25, 0.3) is 17.1 Å². The first-order chi connectivity index (χ1) is 14.5. The van der Waals surface area contributed by atoms with E-state index in [1.165, 1.54) is 22.7 Å². The topological polar surface area (TPSA) is 80.1 Å². The van der Waals surface area contributed by atoms with Gasteiger partial charge in [0.2, 0.25) is 5.91 Å². The van der Waals surface area contributed by atoms with Crippen molar-refractivity contribution in [2.24, 2.45) is 0 Å². The number of urea groups is 1. The van der Waals surface area contributed by atoms with Crippen LogP contribution in [-0.2, 0) is 4.79 Å². The van der Waals surface area contributed by atoms with Gasteiger partial charge in [-0.2, -0.15) is 0 Å². The molecule has 0 aliphatic carbocycles. The van der Waals surface area contributed by atoms with Gasteiger partial charge in [0.05, 0.1) is 12.1 Å². The van der Waals surface area contributed by atoms with Crippen LogP contribution in [0.2, 0.25) is 0 Å². The minimum atomic E-state index is -0.367. The number of hydrogen-bond acceptors (Lipinski definition) is 5. The number of nitrogens with one attached hydrogen (secondary N) is 1. The molecule has 0 atom stereocenters. The molecule has 4 rings (SSSR count). The normalized spacial score (nSPS) is 13.7. The van der Waals surface area contributed by atoms with Gasteiger partial charge in [0, 0.05) is 18.0 Å². The fraction of sp³-hybridized carbons (Fsp3) is 0.238. The number of halogens is 1. The van der Waals surface area contributed by atoms with E-state index in [0.717, 1.165) is 11.3 Å². The minimum absolute atomic E-state index is 0.0553. The molecule has 3 aromatic rings. The zero-order valence-electron chi connectivity index (χ0n) is 16.3. The van der Waals surface area contributed by atoms with Crippen molar-refractivity contribution in [2.45, 2.75) is 18.5 Å². The monoisotopic (exact) mass is 425 g/mol. The van der Waals surface area contributed by atoms with Crippen LogP contribution >= 0.6 is 11.8 Å². The Morgan fingerprint density at radius 3 is 2.57 bits per heavy atom. The molecule has 1 saturated heterocycles. The summed E-state index contributed by atoms with van der Waals surface area (Å²) in [4.78, 5) is 24.5. The van der Waals surface area contributed by atoms with Crippen molar-refractivity contribution in [3.8, 4) is 17.1 Å². The lowest BCUT2D eigenvalue weighted by Gasteiger charge is -2.13. The van der Waals surface area contributed by atoms with Gasteiger partial charge in [-0.3, -0.25) is 14.3 Å². The van der Waals surface area contributed by atoms with E-state index in [2.05, 4.69) is 15.5 Å². The summed E-state index contributed by atoms with van der Waals surface area (Å²) < 4.78 is 16.3. The van der Waals surface area contributed by atoms with Crippen LogP contribution in [0.3, 0.4) is 0 Å². The molecule has 9 heteroatoms. The molecule has 1 fully saturated rings. The molecule has 0 radical (unpaired) electrons. The smallest absolute Gasteiger partial charge is 0.324 e. The molecular weight excluding hydrogens is 405 g/mol. The molecule has 1 aliphatic rings. The summed E-state index contributed by atoms with van der Waals surface area (Å²) in [6.45, 7) is 2.40. The second-order valence-corrected chi connectivity index (χ2v) is 7.93. The van der Waals surface area contributed by atoms with Gasteiger partial charge in [-0.05, 0) is 37.6 Å². The molecule has 0 unspecified atom stereocenters. The summed E-state index contributed by atoms with van der Waals surface area (Å²) in [7, 11) is 0. The zero-order valence-corrected chi connectivity index (χ0v) is 17.2. The fourth-order valence-corrected chi connectivity index (χ4v) is 4.05. The third-order valence-corrected chi connectivity index (χ3v) is 5.75. The quantitative estimate of drug-likeness (QED) is 0.356. The molecule has 7 nitrogen and oxygen atoms in total. The molecule has 2 aromatic carbocycles. The third-order valence-electron chi connectivity index (χ3n) is 4.73. The average Bonchev–Trinajstić information content (AvgIpc) is 3.30. The lowest BCUT2D eigenvalue weighted by atomic mass is 10.2. The van der Waals surface area contributed by atoms with Crippen molar-refractivity contribution >= 4 is 23.7 Å². The lowest BCUT2D eigenvalue weighted by Crippen LogP contribution is -2.32. The van der Waals surface area contributed by atoms with Crippen molar-refractivity contribution in [1.29, 1.82) is 0 Å². The Bertz CT molecular complexity index is 1070. The molecule has 3 amide bonds. The minimum Gasteiger partial charge on any atom is -0.329 e. The summed E-state index contributed by atoms with van der Waals surface area (Å²) >= 11 is 1.45. The number of aromatic nitrogens is 3. The first-order valence-electron chi connectivity index (χ1n) is 9.53. The van der Waals surface area contributed by atoms with Gasteiger partial charge in [0.1, 0.15) is 5.82 Å². The van der Waals surface area contributed by atoms with Gasteiger partial charge in [-0.15, -0.1) is 10.2 Å². The zero-order chi connectivity index (χ0) is 21.1. The molecule has 0 bridgehead atoms. The Balaban J connectivity index is 1.57. The van der Waals surface area contributed by atoms with Crippen LogP contribution in [0.5, 0.6) is 0 Å². The van der Waals surface area contributed by atoms with Crippen LogP contribution < -0.4 is 5.32 Å². The van der Waals surface area contributed by atoms with Crippen molar-refractivity contribution in [2.75, 3.05) is 18.8 Å². The third kappa shape index (κ3) is 4.06. The second kappa shape index (κ2) is 8.66. The van der Waals surface area contributed by atoms with Gasteiger partial charge in [-0.1, -0.05) is 41.6 Å². The standard InChI is InChI=1S/C21H20FN5O2S/c1-14-7-9-15(10-8-14)27-19(16-5-2-3-6-17(16)22)24-25-21(27)30-12-4-11-26-18(28)13-23-20(26)29/h2-3,5-10H,4,11-13H2,1H3,(H,23,29). The molecule has 0 saturated carbocycles. The molecule has 154 valence electrons. The van der Waals surface area contributed by atoms with Crippen molar-refractivity contribution in [1.82, 2.24) is 25.0 Å². The van der Waals surface area contributed by atoms with E-state index >= 15 is 0 Å². The summed E-state index contributed by atoms with van der Waals surface area (Å²) in [6, 6.07) is 14.0. The van der Waals surface area contributed by atoms with Gasteiger partial charge >= 0.3 is 6.03 Å². The summed E-state index contributed by atoms with van der Waals surface area (Å²) in [6.07, 6.45) is 0.611. The second-order valence-electron chi connectivity index (χ2n) is 6.86. The Labute approximate surface area is 177 Å². The highest BCUT2D eigenvalue weighted by molar-refractivity contribution is 7.99. The van der Waals surface area contributed by atoms with Crippen LogP contribution in [-0.4, -0.2) is 50.4 Å². The van der Waals surface area contributed by atoms with Crippen molar-refractivity contribution < 1.29 is 14.0 Å². The molecular formula is C21H20FN5O2S. The number of imide groups is 1. The van der Waals surface area contributed by atoms with Crippen LogP contribution in [0.15, 0.2) is 53.7 Å². The molecule has 0 spiro atoms. The SMILES string of the molecule is Cc1ccc(-n2c(SCCCN3C(=O)CNC3=O)nnc2-c2ccccc2F)cc1. The molecule has 30 heavy (non-hydrogen) atoms. The van der Waals surface area contributed by atoms with E-state index in [0.29, 0.717) is 35.3 Å². The highest BCUT2D eigenvalue weighted by Crippen LogP contribution is 2.29. The number of aryl methyl sites for hydroxylation is 1. The Morgan fingerprint density at radius 1 is 1.10 bits per heavy atom. The highest BCUT2D eigenvalue weighted by Gasteiger charge is 2.27. The van der Waals surface area contributed by atoms with Crippen LogP contribution in [0, 0.1) is 12.7 Å². The molecule has 1 aromatic heterocycles. The highest BCUT2D eigenvalue weighted by atomic mass is 32.2. The number of amides is 3. The van der Waals surface area contributed by atoms with Gasteiger partial charge in [0.25, 0.3) is 0 Å². The predicted octanol–water partition coefficient (Wildman–Crippen LogP) is 3.42. The predicted molar refractivity (Wildman–Crippen MR) is 112 cm³/mol. The van der Waals surface area contributed by atoms with E-state index < -0.39 is 0 Å². The number of hydrogen-bond donors (Lipinski definition) is 1. The van der Waals surface area contributed by atoms with E-state index in [-0.39, 0.29) is 24.3 Å². The molecule has 1 aliphatic heterocycles. The Hall–Kier alpha value is -3.20. The maximum atomic E-state index is 14.4. The number of carbonyl (C=O) groups excluding carboxylic acids is 2. The van der Waals surface area contributed by atoms with Crippen LogP contribution in [0.4, 0.5) is 9.18 Å². The lowest BCUT2D eigenvalue weighted by molar-refractivity contribution is -0.124. The first kappa shape index (κ1) is 20.1. The summed E-state index contributed by atoms with van der Waals surface area (Å²) in [5, 5.41) is 11.7. The van der Waals surface area contributed by atoms with E-state index in [4.69, 9.17) is 0 Å². The largest absolute Gasteiger partial charge is 0.329 e. The number of benzene rings is 2. The van der Waals surface area contributed by atoms with E-state index in [1.54, 1.807) is 18.2 Å². The van der Waals surface area contributed by atoms with Crippen molar-refractivity contribution in [3.05, 3.63) is 59.9 Å². The van der Waals surface area contributed by atoms with Gasteiger partial charge in [0.15, 0.2) is 11.0 Å². The molecule has 1 N–H and O–H groups in total.